The zero-order valence-corrected chi connectivity index (χ0v) is 15.2. The van der Waals surface area contributed by atoms with Crippen LogP contribution in [0.5, 0.6) is 0 Å². The molecule has 3 aromatic rings. The minimum Gasteiger partial charge on any atom is -0.459 e. The van der Waals surface area contributed by atoms with Crippen LogP contribution in [-0.4, -0.2) is 53.1 Å². The first-order valence-corrected chi connectivity index (χ1v) is 9.35. The maximum Gasteiger partial charge on any atom is 0.289 e. The van der Waals surface area contributed by atoms with Crippen molar-refractivity contribution in [1.29, 1.82) is 0 Å². The number of thiophene rings is 1. The Hall–Kier alpha value is -3.20. The van der Waals surface area contributed by atoms with Gasteiger partial charge in [-0.2, -0.15) is 0 Å². The van der Waals surface area contributed by atoms with E-state index in [1.54, 1.807) is 29.2 Å². The summed E-state index contributed by atoms with van der Waals surface area (Å²) in [7, 11) is 0. The first-order chi connectivity index (χ1) is 13.2. The third kappa shape index (κ3) is 3.82. The van der Waals surface area contributed by atoms with Crippen molar-refractivity contribution in [3.63, 3.8) is 0 Å². The zero-order chi connectivity index (χ0) is 18.6. The summed E-state index contributed by atoms with van der Waals surface area (Å²) >= 11 is 1.37. The van der Waals surface area contributed by atoms with E-state index in [-0.39, 0.29) is 11.8 Å². The number of aromatic nitrogens is 2. The van der Waals surface area contributed by atoms with Gasteiger partial charge in [0.15, 0.2) is 17.4 Å². The molecule has 0 spiro atoms. The fourth-order valence-corrected chi connectivity index (χ4v) is 3.46. The molecule has 1 saturated heterocycles. The van der Waals surface area contributed by atoms with Crippen molar-refractivity contribution in [2.24, 2.45) is 0 Å². The first-order valence-electron chi connectivity index (χ1n) is 8.47. The number of rotatable bonds is 4. The van der Waals surface area contributed by atoms with Crippen molar-refractivity contribution < 1.29 is 14.0 Å². The lowest BCUT2D eigenvalue weighted by Crippen LogP contribution is -2.49. The molecule has 0 unspecified atom stereocenters. The molecule has 0 aromatic carbocycles. The molecule has 0 bridgehead atoms. The predicted octanol–water partition coefficient (Wildman–Crippen LogP) is 2.35. The van der Waals surface area contributed by atoms with Crippen LogP contribution in [0.4, 0.5) is 11.6 Å². The van der Waals surface area contributed by atoms with Crippen molar-refractivity contribution in [2.45, 2.75) is 0 Å². The van der Waals surface area contributed by atoms with E-state index in [0.717, 1.165) is 0 Å². The van der Waals surface area contributed by atoms with Gasteiger partial charge in [0.1, 0.15) is 0 Å². The smallest absolute Gasteiger partial charge is 0.289 e. The van der Waals surface area contributed by atoms with Gasteiger partial charge in [-0.25, -0.2) is 0 Å². The number of carbonyl (C=O) groups excluding carboxylic acids is 2. The fraction of sp³-hybridized carbons (Fsp3) is 0.222. The molecular formula is C18H17N5O3S. The molecule has 4 rings (SSSR count). The maximum absolute atomic E-state index is 12.3. The average molecular weight is 383 g/mol. The molecule has 2 amide bonds. The van der Waals surface area contributed by atoms with Crippen LogP contribution in [0.2, 0.25) is 0 Å². The van der Waals surface area contributed by atoms with Crippen LogP contribution in [0.25, 0.3) is 0 Å². The van der Waals surface area contributed by atoms with E-state index in [2.05, 4.69) is 20.4 Å². The van der Waals surface area contributed by atoms with Crippen molar-refractivity contribution in [3.8, 4) is 0 Å². The average Bonchev–Trinajstić information content (AvgIpc) is 3.42. The Kier molecular flexibility index (Phi) is 4.84. The SMILES string of the molecule is O=C(Nc1ccc(N2CCN(C(=O)c3ccco3)CC2)nn1)c1cccs1. The van der Waals surface area contributed by atoms with E-state index in [1.807, 2.05) is 17.5 Å². The van der Waals surface area contributed by atoms with E-state index < -0.39 is 0 Å². The summed E-state index contributed by atoms with van der Waals surface area (Å²) in [5.74, 6) is 1.18. The molecular weight excluding hydrogens is 366 g/mol. The number of anilines is 2. The van der Waals surface area contributed by atoms with Crippen LogP contribution in [0.1, 0.15) is 20.2 Å². The number of nitrogens with one attached hydrogen (secondary N) is 1. The molecule has 0 aliphatic carbocycles. The molecule has 0 radical (unpaired) electrons. The maximum atomic E-state index is 12.3. The van der Waals surface area contributed by atoms with Gasteiger partial charge in [-0.3, -0.25) is 9.59 Å². The van der Waals surface area contributed by atoms with Crippen molar-refractivity contribution in [3.05, 3.63) is 58.7 Å². The predicted molar refractivity (Wildman–Crippen MR) is 101 cm³/mol. The van der Waals surface area contributed by atoms with E-state index in [9.17, 15) is 9.59 Å². The molecule has 4 heterocycles. The third-order valence-electron chi connectivity index (χ3n) is 4.26. The molecule has 9 heteroatoms. The summed E-state index contributed by atoms with van der Waals surface area (Å²) in [6.45, 7) is 2.47. The molecule has 1 fully saturated rings. The standard InChI is InChI=1S/C18H17N5O3S/c24-17(14-4-2-12-27-14)19-15-5-6-16(21-20-15)22-7-9-23(10-8-22)18(25)13-3-1-11-26-13/h1-6,11-12H,7-10H2,(H,19,20,24). The highest BCUT2D eigenvalue weighted by Crippen LogP contribution is 2.17. The Bertz CT molecular complexity index is 901. The van der Waals surface area contributed by atoms with Gasteiger partial charge in [-0.1, -0.05) is 6.07 Å². The molecule has 0 atom stereocenters. The molecule has 8 nitrogen and oxygen atoms in total. The van der Waals surface area contributed by atoms with Gasteiger partial charge in [-0.05, 0) is 35.7 Å². The van der Waals surface area contributed by atoms with Gasteiger partial charge in [0.05, 0.1) is 11.1 Å². The number of nitrogens with zero attached hydrogens (tertiary/aromatic N) is 4. The zero-order valence-electron chi connectivity index (χ0n) is 14.4. The Morgan fingerprint density at radius 2 is 1.89 bits per heavy atom. The minimum atomic E-state index is -0.197. The number of piperazine rings is 1. The lowest BCUT2D eigenvalue weighted by atomic mass is 10.3. The highest BCUT2D eigenvalue weighted by Gasteiger charge is 2.24. The lowest BCUT2D eigenvalue weighted by Gasteiger charge is -2.34. The van der Waals surface area contributed by atoms with E-state index in [4.69, 9.17) is 4.42 Å². The van der Waals surface area contributed by atoms with Gasteiger partial charge in [0.25, 0.3) is 11.8 Å². The molecule has 3 aromatic heterocycles. The summed E-state index contributed by atoms with van der Waals surface area (Å²) < 4.78 is 5.17. The Balaban J connectivity index is 1.33. The number of hydrogen-bond acceptors (Lipinski definition) is 7. The van der Waals surface area contributed by atoms with E-state index in [0.29, 0.717) is 48.5 Å². The highest BCUT2D eigenvalue weighted by atomic mass is 32.1. The summed E-state index contributed by atoms with van der Waals surface area (Å²) in [6, 6.07) is 10.5. The molecule has 1 N–H and O–H groups in total. The van der Waals surface area contributed by atoms with Gasteiger partial charge < -0.3 is 19.5 Å². The quantitative estimate of drug-likeness (QED) is 0.744. The van der Waals surface area contributed by atoms with Crippen LogP contribution >= 0.6 is 11.3 Å². The summed E-state index contributed by atoms with van der Waals surface area (Å²) in [4.78, 5) is 28.8. The molecule has 27 heavy (non-hydrogen) atoms. The largest absolute Gasteiger partial charge is 0.459 e. The normalized spacial score (nSPS) is 14.2. The van der Waals surface area contributed by atoms with Crippen molar-refractivity contribution in [1.82, 2.24) is 15.1 Å². The topological polar surface area (TPSA) is 91.6 Å². The first kappa shape index (κ1) is 17.2. The van der Waals surface area contributed by atoms with Crippen LogP contribution < -0.4 is 10.2 Å². The summed E-state index contributed by atoms with van der Waals surface area (Å²) in [6.07, 6.45) is 1.50. The molecule has 1 aliphatic rings. The van der Waals surface area contributed by atoms with E-state index >= 15 is 0 Å². The second-order valence-corrected chi connectivity index (χ2v) is 6.91. The number of furan rings is 1. The minimum absolute atomic E-state index is 0.0997. The summed E-state index contributed by atoms with van der Waals surface area (Å²) in [5.41, 5.74) is 0. The van der Waals surface area contributed by atoms with Crippen LogP contribution in [0.3, 0.4) is 0 Å². The van der Waals surface area contributed by atoms with Crippen LogP contribution in [0, 0.1) is 0 Å². The Morgan fingerprint density at radius 1 is 1.04 bits per heavy atom. The fourth-order valence-electron chi connectivity index (χ4n) is 2.84. The Labute approximate surface area is 159 Å². The van der Waals surface area contributed by atoms with Crippen LogP contribution in [0.15, 0.2) is 52.5 Å². The third-order valence-corrected chi connectivity index (χ3v) is 5.13. The summed E-state index contributed by atoms with van der Waals surface area (Å²) in [5, 5.41) is 12.9. The Morgan fingerprint density at radius 3 is 2.52 bits per heavy atom. The van der Waals surface area contributed by atoms with Crippen molar-refractivity contribution in [2.75, 3.05) is 36.4 Å². The molecule has 138 valence electrons. The molecule has 1 aliphatic heterocycles. The van der Waals surface area contributed by atoms with Gasteiger partial charge in [-0.15, -0.1) is 21.5 Å². The van der Waals surface area contributed by atoms with Gasteiger partial charge >= 0.3 is 0 Å². The second kappa shape index (κ2) is 7.58. The lowest BCUT2D eigenvalue weighted by molar-refractivity contribution is 0.0714. The van der Waals surface area contributed by atoms with Gasteiger partial charge in [0, 0.05) is 26.2 Å². The van der Waals surface area contributed by atoms with Crippen molar-refractivity contribution >= 4 is 34.8 Å². The van der Waals surface area contributed by atoms with E-state index in [1.165, 1.54) is 17.6 Å². The second-order valence-electron chi connectivity index (χ2n) is 5.96. The number of carbonyl (C=O) groups is 2. The highest BCUT2D eigenvalue weighted by molar-refractivity contribution is 7.12. The number of amides is 2. The molecule has 0 saturated carbocycles. The monoisotopic (exact) mass is 383 g/mol. The van der Waals surface area contributed by atoms with Crippen LogP contribution in [-0.2, 0) is 0 Å². The number of hydrogen-bond donors (Lipinski definition) is 1. The van der Waals surface area contributed by atoms with Gasteiger partial charge in [0.2, 0.25) is 0 Å².